The maximum absolute atomic E-state index is 10.4. The topological polar surface area (TPSA) is 80.9 Å². The number of aromatic hydroxyl groups is 2. The van der Waals surface area contributed by atoms with Crippen LogP contribution in [0.2, 0.25) is 0 Å². The van der Waals surface area contributed by atoms with Crippen LogP contribution in [0.5, 0.6) is 11.5 Å². The molecule has 0 atom stereocenters. The van der Waals surface area contributed by atoms with Crippen molar-refractivity contribution >= 4 is 0 Å². The lowest BCUT2D eigenvalue weighted by atomic mass is 9.94. The van der Waals surface area contributed by atoms with Gasteiger partial charge in [0.15, 0.2) is 0 Å². The van der Waals surface area contributed by atoms with Gasteiger partial charge in [0.1, 0.15) is 11.5 Å². The van der Waals surface area contributed by atoms with E-state index in [4.69, 9.17) is 10.2 Å². The van der Waals surface area contributed by atoms with Gasteiger partial charge in [0, 0.05) is 19.6 Å². The number of aliphatic hydroxyl groups excluding tert-OH is 2. The molecule has 136 valence electrons. The molecular weight excluding hydrogens is 316 g/mol. The highest BCUT2D eigenvalue weighted by atomic mass is 16.3. The van der Waals surface area contributed by atoms with E-state index in [-0.39, 0.29) is 24.7 Å². The monoisotopic (exact) mass is 344 g/mol. The highest BCUT2D eigenvalue weighted by Crippen LogP contribution is 2.32. The summed E-state index contributed by atoms with van der Waals surface area (Å²) < 4.78 is 0. The molecule has 2 aromatic rings. The number of hydrogen-bond donors (Lipinski definition) is 4. The fraction of sp³-hybridized carbons (Fsp3) is 0.429. The lowest BCUT2D eigenvalue weighted by Crippen LogP contribution is -1.99. The van der Waals surface area contributed by atoms with E-state index in [2.05, 4.69) is 0 Å². The van der Waals surface area contributed by atoms with Crippen molar-refractivity contribution in [2.75, 3.05) is 13.2 Å². The molecular formula is C21H28O4. The van der Waals surface area contributed by atoms with E-state index in [0.29, 0.717) is 19.3 Å². The average Bonchev–Trinajstić information content (AvgIpc) is 2.59. The number of aryl methyl sites for hydroxylation is 4. The minimum atomic E-state index is 0.141. The van der Waals surface area contributed by atoms with Crippen LogP contribution in [0.25, 0.3) is 0 Å². The number of aliphatic hydroxyl groups is 2. The Morgan fingerprint density at radius 1 is 0.680 bits per heavy atom. The van der Waals surface area contributed by atoms with Gasteiger partial charge in [0.25, 0.3) is 0 Å². The molecule has 0 aliphatic rings. The van der Waals surface area contributed by atoms with Crippen LogP contribution in [0.3, 0.4) is 0 Å². The zero-order chi connectivity index (χ0) is 18.4. The summed E-state index contributed by atoms with van der Waals surface area (Å²) in [6.45, 7) is 4.01. The van der Waals surface area contributed by atoms with Gasteiger partial charge in [-0.15, -0.1) is 0 Å². The van der Waals surface area contributed by atoms with Crippen LogP contribution < -0.4 is 0 Å². The molecule has 0 aliphatic carbocycles. The molecule has 4 nitrogen and oxygen atoms in total. The molecule has 2 rings (SSSR count). The predicted octanol–water partition coefficient (Wildman–Crippen LogP) is 3.16. The van der Waals surface area contributed by atoms with E-state index >= 15 is 0 Å². The molecule has 0 spiro atoms. The largest absolute Gasteiger partial charge is 0.507 e. The minimum absolute atomic E-state index is 0.141. The molecule has 0 fully saturated rings. The fourth-order valence-corrected chi connectivity index (χ4v) is 3.20. The normalized spacial score (nSPS) is 11.0. The van der Waals surface area contributed by atoms with Crippen LogP contribution in [0.1, 0.15) is 46.2 Å². The summed E-state index contributed by atoms with van der Waals surface area (Å²) in [7, 11) is 0. The van der Waals surface area contributed by atoms with Gasteiger partial charge >= 0.3 is 0 Å². The molecule has 4 heteroatoms. The summed E-state index contributed by atoms with van der Waals surface area (Å²) in [4.78, 5) is 0. The van der Waals surface area contributed by atoms with Crippen molar-refractivity contribution in [1.82, 2.24) is 0 Å². The minimum Gasteiger partial charge on any atom is -0.507 e. The van der Waals surface area contributed by atoms with Gasteiger partial charge in [-0.1, -0.05) is 24.3 Å². The summed E-state index contributed by atoms with van der Waals surface area (Å²) in [5.41, 5.74) is 5.32. The van der Waals surface area contributed by atoms with Gasteiger partial charge in [-0.05, 0) is 72.9 Å². The third kappa shape index (κ3) is 4.97. The van der Waals surface area contributed by atoms with Crippen LogP contribution in [-0.2, 0) is 19.3 Å². The molecule has 0 aromatic heterocycles. The average molecular weight is 344 g/mol. The second kappa shape index (κ2) is 8.88. The number of rotatable bonds is 8. The lowest BCUT2D eigenvalue weighted by molar-refractivity contribution is 0.288. The van der Waals surface area contributed by atoms with Crippen LogP contribution in [0, 0.1) is 13.8 Å². The van der Waals surface area contributed by atoms with Crippen molar-refractivity contribution in [1.29, 1.82) is 0 Å². The SMILES string of the molecule is Cc1cc(CCCO)cc(Cc2cc(CCCO)cc(C)c2O)c1O. The molecule has 0 saturated heterocycles. The number of phenols is 2. The van der Waals surface area contributed by atoms with Crippen molar-refractivity contribution in [3.05, 3.63) is 57.6 Å². The zero-order valence-electron chi connectivity index (χ0n) is 15.0. The van der Waals surface area contributed by atoms with E-state index < -0.39 is 0 Å². The molecule has 0 saturated carbocycles. The third-order valence-electron chi connectivity index (χ3n) is 4.51. The van der Waals surface area contributed by atoms with Crippen molar-refractivity contribution in [3.63, 3.8) is 0 Å². The second-order valence-corrected chi connectivity index (χ2v) is 6.67. The van der Waals surface area contributed by atoms with Crippen molar-refractivity contribution in [2.24, 2.45) is 0 Å². The Morgan fingerprint density at radius 2 is 1.08 bits per heavy atom. The number of hydrogen-bond acceptors (Lipinski definition) is 4. The van der Waals surface area contributed by atoms with Gasteiger partial charge < -0.3 is 20.4 Å². The van der Waals surface area contributed by atoms with Crippen LogP contribution in [0.4, 0.5) is 0 Å². The highest BCUT2D eigenvalue weighted by Gasteiger charge is 2.13. The van der Waals surface area contributed by atoms with Gasteiger partial charge in [-0.2, -0.15) is 0 Å². The molecule has 0 radical (unpaired) electrons. The summed E-state index contributed by atoms with van der Waals surface area (Å²) >= 11 is 0. The van der Waals surface area contributed by atoms with E-state index in [9.17, 15) is 10.2 Å². The van der Waals surface area contributed by atoms with E-state index in [1.807, 2.05) is 38.1 Å². The first kappa shape index (κ1) is 19.3. The molecule has 0 unspecified atom stereocenters. The molecule has 4 N–H and O–H groups in total. The predicted molar refractivity (Wildman–Crippen MR) is 99.3 cm³/mol. The first-order chi connectivity index (χ1) is 12.0. The van der Waals surface area contributed by atoms with E-state index in [1.165, 1.54) is 0 Å². The quantitative estimate of drug-likeness (QED) is 0.593. The Labute approximate surface area is 149 Å². The fourth-order valence-electron chi connectivity index (χ4n) is 3.20. The Kier molecular flexibility index (Phi) is 6.85. The van der Waals surface area contributed by atoms with Gasteiger partial charge in [0.05, 0.1) is 0 Å². The molecule has 0 heterocycles. The van der Waals surface area contributed by atoms with Crippen molar-refractivity contribution in [3.8, 4) is 11.5 Å². The Hall–Kier alpha value is -2.04. The first-order valence-electron chi connectivity index (χ1n) is 8.80. The standard InChI is InChI=1S/C21H28O4/c1-14-9-16(5-3-7-22)11-18(20(14)24)13-19-12-17(6-4-8-23)10-15(2)21(19)25/h9-12,22-25H,3-8,13H2,1-2H3. The second-order valence-electron chi connectivity index (χ2n) is 6.67. The molecule has 0 aliphatic heterocycles. The van der Waals surface area contributed by atoms with Gasteiger partial charge in [-0.25, -0.2) is 0 Å². The number of benzene rings is 2. The third-order valence-corrected chi connectivity index (χ3v) is 4.51. The summed E-state index contributed by atoms with van der Waals surface area (Å²) in [5, 5.41) is 38.9. The van der Waals surface area contributed by atoms with Crippen LogP contribution >= 0.6 is 0 Å². The maximum atomic E-state index is 10.4. The van der Waals surface area contributed by atoms with Gasteiger partial charge in [-0.3, -0.25) is 0 Å². The summed E-state index contributed by atoms with van der Waals surface area (Å²) in [6.07, 6.45) is 3.33. The first-order valence-corrected chi connectivity index (χ1v) is 8.80. The Bertz CT molecular complexity index is 661. The van der Waals surface area contributed by atoms with E-state index in [1.54, 1.807) is 0 Å². The molecule has 0 amide bonds. The summed E-state index contributed by atoms with van der Waals surface area (Å²) in [5.74, 6) is 0.510. The van der Waals surface area contributed by atoms with Gasteiger partial charge in [0.2, 0.25) is 0 Å². The zero-order valence-corrected chi connectivity index (χ0v) is 15.0. The lowest BCUT2D eigenvalue weighted by Gasteiger charge is -2.14. The highest BCUT2D eigenvalue weighted by molar-refractivity contribution is 5.50. The van der Waals surface area contributed by atoms with Crippen molar-refractivity contribution < 1.29 is 20.4 Å². The van der Waals surface area contributed by atoms with E-state index in [0.717, 1.165) is 46.2 Å². The molecule has 25 heavy (non-hydrogen) atoms. The smallest absolute Gasteiger partial charge is 0.122 e. The van der Waals surface area contributed by atoms with Crippen LogP contribution in [0.15, 0.2) is 24.3 Å². The Balaban J connectivity index is 2.34. The molecule has 0 bridgehead atoms. The van der Waals surface area contributed by atoms with Crippen LogP contribution in [-0.4, -0.2) is 33.6 Å². The Morgan fingerprint density at radius 3 is 1.44 bits per heavy atom. The van der Waals surface area contributed by atoms with Crippen molar-refractivity contribution in [2.45, 2.75) is 46.0 Å². The summed E-state index contributed by atoms with van der Waals surface area (Å²) in [6, 6.07) is 7.79. The maximum Gasteiger partial charge on any atom is 0.122 e. The molecule has 2 aromatic carbocycles. The number of phenolic OH excluding ortho intramolecular Hbond substituents is 2.